The molecule has 2 nitrogen and oxygen atoms in total. The van der Waals surface area contributed by atoms with Gasteiger partial charge in [-0.3, -0.25) is 0 Å². The van der Waals surface area contributed by atoms with Crippen LogP contribution in [0.1, 0.15) is 5.56 Å². The van der Waals surface area contributed by atoms with Crippen molar-refractivity contribution in [3.63, 3.8) is 0 Å². The Kier molecular flexibility index (Phi) is 5.11. The van der Waals surface area contributed by atoms with Gasteiger partial charge < -0.3 is 9.47 Å². The second-order valence-electron chi connectivity index (χ2n) is 5.47. The van der Waals surface area contributed by atoms with E-state index in [0.717, 1.165) is 11.5 Å². The van der Waals surface area contributed by atoms with Crippen molar-refractivity contribution in [3.05, 3.63) is 78.4 Å². The molecule has 0 spiro atoms. The van der Waals surface area contributed by atoms with Crippen LogP contribution in [0.3, 0.4) is 0 Å². The topological polar surface area (TPSA) is 18.5 Å². The molecule has 24 heavy (non-hydrogen) atoms. The molecule has 0 radical (unpaired) electrons. The van der Waals surface area contributed by atoms with Crippen molar-refractivity contribution in [2.24, 2.45) is 0 Å². The van der Waals surface area contributed by atoms with Gasteiger partial charge in [0.2, 0.25) is 0 Å². The van der Waals surface area contributed by atoms with Crippen LogP contribution in [0.2, 0.25) is 0 Å². The van der Waals surface area contributed by atoms with Gasteiger partial charge >= 0.3 is 0 Å². The van der Waals surface area contributed by atoms with Crippen molar-refractivity contribution in [3.8, 4) is 11.5 Å². The summed E-state index contributed by atoms with van der Waals surface area (Å²) < 4.78 is 10.6. The molecular weight excluding hydrogens is 316 g/mol. The molecule has 0 aliphatic rings. The lowest BCUT2D eigenvalue weighted by Crippen LogP contribution is -2.05. The highest BCUT2D eigenvalue weighted by Gasteiger charge is 2.28. The standard InChI is InChI=1S/C21H21O2S/c1-16-4-10-19(11-5-16)24(20-12-6-17(22-2)7-13-20)21-14-8-18(23-3)9-15-21/h4-15H,1-3H3/q+1. The Balaban J connectivity index is 2.06. The average Bonchev–Trinajstić information content (AvgIpc) is 2.64. The first-order chi connectivity index (χ1) is 11.7. The van der Waals surface area contributed by atoms with Gasteiger partial charge in [0.1, 0.15) is 11.5 Å². The Morgan fingerprint density at radius 2 is 0.875 bits per heavy atom. The molecule has 0 bridgehead atoms. The van der Waals surface area contributed by atoms with E-state index in [4.69, 9.17) is 9.47 Å². The second-order valence-corrected chi connectivity index (χ2v) is 7.50. The number of hydrogen-bond donors (Lipinski definition) is 0. The molecule has 0 heterocycles. The van der Waals surface area contributed by atoms with Gasteiger partial charge in [-0.15, -0.1) is 0 Å². The van der Waals surface area contributed by atoms with E-state index in [2.05, 4.69) is 55.5 Å². The quantitative estimate of drug-likeness (QED) is 0.603. The summed E-state index contributed by atoms with van der Waals surface area (Å²) >= 11 is 0. The maximum absolute atomic E-state index is 5.29. The fourth-order valence-corrected chi connectivity index (χ4v) is 4.55. The zero-order chi connectivity index (χ0) is 16.9. The van der Waals surface area contributed by atoms with E-state index in [-0.39, 0.29) is 10.9 Å². The zero-order valence-corrected chi connectivity index (χ0v) is 15.0. The van der Waals surface area contributed by atoms with Gasteiger partial charge in [0.15, 0.2) is 14.7 Å². The van der Waals surface area contributed by atoms with Gasteiger partial charge in [-0.25, -0.2) is 0 Å². The van der Waals surface area contributed by atoms with E-state index in [0.29, 0.717) is 0 Å². The Hall–Kier alpha value is -2.39. The maximum Gasteiger partial charge on any atom is 0.166 e. The number of ether oxygens (including phenoxy) is 2. The SMILES string of the molecule is COc1ccc([S+](c2ccc(C)cc2)c2ccc(OC)cc2)cc1. The van der Waals surface area contributed by atoms with Crippen molar-refractivity contribution < 1.29 is 9.47 Å². The van der Waals surface area contributed by atoms with Gasteiger partial charge in [-0.1, -0.05) is 17.7 Å². The smallest absolute Gasteiger partial charge is 0.166 e. The lowest BCUT2D eigenvalue weighted by molar-refractivity contribution is 0.414. The van der Waals surface area contributed by atoms with Gasteiger partial charge in [-0.05, 0) is 67.6 Å². The molecule has 0 aliphatic heterocycles. The molecule has 0 unspecified atom stereocenters. The van der Waals surface area contributed by atoms with Crippen LogP contribution >= 0.6 is 0 Å². The highest BCUT2D eigenvalue weighted by atomic mass is 32.2. The summed E-state index contributed by atoms with van der Waals surface area (Å²) in [7, 11) is 3.23. The Morgan fingerprint density at radius 1 is 0.542 bits per heavy atom. The average molecular weight is 337 g/mol. The van der Waals surface area contributed by atoms with E-state index in [1.807, 2.05) is 24.3 Å². The van der Waals surface area contributed by atoms with Crippen LogP contribution in [0.5, 0.6) is 11.5 Å². The van der Waals surface area contributed by atoms with Crippen LogP contribution in [0.15, 0.2) is 87.5 Å². The zero-order valence-electron chi connectivity index (χ0n) is 14.2. The van der Waals surface area contributed by atoms with Crippen molar-refractivity contribution in [2.75, 3.05) is 14.2 Å². The largest absolute Gasteiger partial charge is 0.497 e. The number of hydrogen-bond acceptors (Lipinski definition) is 2. The van der Waals surface area contributed by atoms with Crippen molar-refractivity contribution >= 4 is 10.9 Å². The number of benzene rings is 3. The minimum atomic E-state index is -0.155. The van der Waals surface area contributed by atoms with E-state index in [9.17, 15) is 0 Å². The van der Waals surface area contributed by atoms with Crippen molar-refractivity contribution in [1.29, 1.82) is 0 Å². The third-order valence-corrected chi connectivity index (χ3v) is 6.08. The third-order valence-electron chi connectivity index (χ3n) is 3.85. The van der Waals surface area contributed by atoms with Crippen LogP contribution in [0.25, 0.3) is 0 Å². The summed E-state index contributed by atoms with van der Waals surface area (Å²) in [6.07, 6.45) is 0. The Labute approximate surface area is 146 Å². The monoisotopic (exact) mass is 337 g/mol. The minimum absolute atomic E-state index is 0.155. The van der Waals surface area contributed by atoms with Crippen LogP contribution in [-0.2, 0) is 10.9 Å². The predicted octanol–water partition coefficient (Wildman–Crippen LogP) is 5.11. The van der Waals surface area contributed by atoms with Crippen LogP contribution in [0.4, 0.5) is 0 Å². The molecular formula is C21H21O2S+. The Morgan fingerprint density at radius 3 is 1.21 bits per heavy atom. The molecule has 0 aliphatic carbocycles. The predicted molar refractivity (Wildman–Crippen MR) is 99.3 cm³/mol. The van der Waals surface area contributed by atoms with E-state index >= 15 is 0 Å². The summed E-state index contributed by atoms with van der Waals surface area (Å²) in [6, 6.07) is 25.4. The molecule has 0 aromatic heterocycles. The van der Waals surface area contributed by atoms with E-state index in [1.54, 1.807) is 14.2 Å². The first kappa shape index (κ1) is 16.5. The molecule has 0 saturated heterocycles. The fraction of sp³-hybridized carbons (Fsp3) is 0.143. The summed E-state index contributed by atoms with van der Waals surface area (Å²) in [6.45, 7) is 2.11. The summed E-state index contributed by atoms with van der Waals surface area (Å²) in [5.74, 6) is 1.75. The molecule has 3 aromatic rings. The normalized spacial score (nSPS) is 10.7. The molecule has 0 fully saturated rings. The molecule has 3 rings (SSSR count). The molecule has 0 N–H and O–H groups in total. The Bertz CT molecular complexity index is 730. The van der Waals surface area contributed by atoms with Crippen LogP contribution in [0, 0.1) is 6.92 Å². The van der Waals surface area contributed by atoms with Crippen LogP contribution in [-0.4, -0.2) is 14.2 Å². The first-order valence-electron chi connectivity index (χ1n) is 7.80. The van der Waals surface area contributed by atoms with E-state index in [1.165, 1.54) is 20.2 Å². The van der Waals surface area contributed by atoms with Crippen LogP contribution < -0.4 is 9.47 Å². The lowest BCUT2D eigenvalue weighted by Gasteiger charge is -2.09. The van der Waals surface area contributed by atoms with Gasteiger partial charge in [0.05, 0.1) is 25.1 Å². The fourth-order valence-electron chi connectivity index (χ4n) is 2.51. The lowest BCUT2D eigenvalue weighted by atomic mass is 10.2. The number of rotatable bonds is 5. The van der Waals surface area contributed by atoms with Crippen molar-refractivity contribution in [2.45, 2.75) is 21.6 Å². The first-order valence-corrected chi connectivity index (χ1v) is 9.03. The molecule has 0 amide bonds. The number of aryl methyl sites for hydroxylation is 1. The molecule has 3 heteroatoms. The summed E-state index contributed by atoms with van der Waals surface area (Å²) in [4.78, 5) is 3.84. The molecule has 0 atom stereocenters. The maximum atomic E-state index is 5.29. The van der Waals surface area contributed by atoms with E-state index < -0.39 is 0 Å². The van der Waals surface area contributed by atoms with Crippen molar-refractivity contribution in [1.82, 2.24) is 0 Å². The second kappa shape index (κ2) is 7.45. The molecule has 3 aromatic carbocycles. The summed E-state index contributed by atoms with van der Waals surface area (Å²) in [5, 5.41) is 0. The van der Waals surface area contributed by atoms with Gasteiger partial charge in [0.25, 0.3) is 0 Å². The number of methoxy groups -OCH3 is 2. The molecule has 122 valence electrons. The molecule has 0 saturated carbocycles. The third kappa shape index (κ3) is 3.57. The summed E-state index contributed by atoms with van der Waals surface area (Å²) in [5.41, 5.74) is 1.27. The minimum Gasteiger partial charge on any atom is -0.497 e. The van der Waals surface area contributed by atoms with Gasteiger partial charge in [-0.2, -0.15) is 0 Å². The highest BCUT2D eigenvalue weighted by Crippen LogP contribution is 2.33. The van der Waals surface area contributed by atoms with Gasteiger partial charge in [0, 0.05) is 0 Å². The highest BCUT2D eigenvalue weighted by molar-refractivity contribution is 7.97.